The highest BCUT2D eigenvalue weighted by Gasteiger charge is 2.41. The molecule has 1 amide bonds. The number of hydrogen-bond donors (Lipinski definition) is 1. The van der Waals surface area contributed by atoms with E-state index < -0.39 is 0 Å². The molecule has 2 heterocycles. The van der Waals surface area contributed by atoms with Crippen LogP contribution < -0.4 is 10.1 Å². The van der Waals surface area contributed by atoms with Crippen molar-refractivity contribution in [1.29, 1.82) is 0 Å². The number of piperidine rings is 1. The van der Waals surface area contributed by atoms with E-state index in [1.54, 1.807) is 7.05 Å². The molecule has 4 nitrogen and oxygen atoms in total. The Morgan fingerprint density at radius 3 is 2.70 bits per heavy atom. The molecule has 1 saturated carbocycles. The molecule has 1 spiro atoms. The first-order valence-corrected chi connectivity index (χ1v) is 11.8. The van der Waals surface area contributed by atoms with Gasteiger partial charge >= 0.3 is 0 Å². The first-order valence-electron chi connectivity index (χ1n) is 11.4. The van der Waals surface area contributed by atoms with Crippen LogP contribution in [-0.4, -0.2) is 42.6 Å². The smallest absolute Gasteiger partial charge is 0.228 e. The van der Waals surface area contributed by atoms with Gasteiger partial charge in [0.25, 0.3) is 0 Å². The summed E-state index contributed by atoms with van der Waals surface area (Å²) in [4.78, 5) is 14.6. The Balaban J connectivity index is 1.27. The molecule has 0 aromatic heterocycles. The number of likely N-dealkylation sites (tertiary alicyclic amines) is 1. The zero-order chi connectivity index (χ0) is 20.7. The van der Waals surface area contributed by atoms with Crippen molar-refractivity contribution in [1.82, 2.24) is 10.2 Å². The number of aryl methyl sites for hydroxylation is 1. The summed E-state index contributed by atoms with van der Waals surface area (Å²) >= 11 is 6.42. The number of carbonyl (C=O) groups is 1. The molecule has 1 saturated heterocycles. The first kappa shape index (κ1) is 20.1. The number of amides is 1. The van der Waals surface area contributed by atoms with E-state index >= 15 is 0 Å². The van der Waals surface area contributed by atoms with Crippen LogP contribution in [0.15, 0.2) is 35.4 Å². The molecular weight excluding hydrogens is 396 g/mol. The lowest BCUT2D eigenvalue weighted by atomic mass is 9.80. The Morgan fingerprint density at radius 2 is 2.03 bits per heavy atom. The van der Waals surface area contributed by atoms with Crippen LogP contribution in [0.3, 0.4) is 0 Å². The zero-order valence-electron chi connectivity index (χ0n) is 17.8. The van der Waals surface area contributed by atoms with E-state index in [1.165, 1.54) is 37.9 Å². The van der Waals surface area contributed by atoms with Crippen LogP contribution in [0, 0.1) is 5.92 Å². The van der Waals surface area contributed by atoms with Crippen LogP contribution in [0.1, 0.15) is 56.1 Å². The lowest BCUT2D eigenvalue weighted by Gasteiger charge is -2.48. The summed E-state index contributed by atoms with van der Waals surface area (Å²) in [6.45, 7) is 2.36. The molecule has 1 N–H and O–H groups in total. The van der Waals surface area contributed by atoms with Gasteiger partial charge in [-0.25, -0.2) is 0 Å². The molecule has 1 aromatic carbocycles. The predicted octanol–water partition coefficient (Wildman–Crippen LogP) is 4.67. The fourth-order valence-electron chi connectivity index (χ4n) is 5.37. The average Bonchev–Trinajstić information content (AvgIpc) is 2.73. The van der Waals surface area contributed by atoms with E-state index in [2.05, 4.69) is 34.5 Å². The van der Waals surface area contributed by atoms with Crippen molar-refractivity contribution in [2.45, 2.75) is 63.0 Å². The van der Waals surface area contributed by atoms with Crippen LogP contribution in [0.2, 0.25) is 0 Å². The van der Waals surface area contributed by atoms with Gasteiger partial charge in [-0.3, -0.25) is 4.79 Å². The van der Waals surface area contributed by atoms with Crippen molar-refractivity contribution in [3.05, 3.63) is 46.5 Å². The third kappa shape index (κ3) is 3.69. The van der Waals surface area contributed by atoms with Crippen LogP contribution in [-0.2, 0) is 11.2 Å². The summed E-state index contributed by atoms with van der Waals surface area (Å²) in [6, 6.07) is 7.36. The quantitative estimate of drug-likeness (QED) is 0.763. The molecule has 0 radical (unpaired) electrons. The lowest BCUT2D eigenvalue weighted by molar-refractivity contribution is -0.123. The minimum atomic E-state index is -0.271. The van der Waals surface area contributed by atoms with Crippen LogP contribution in [0.25, 0.3) is 5.57 Å². The van der Waals surface area contributed by atoms with Gasteiger partial charge in [-0.15, -0.1) is 0 Å². The van der Waals surface area contributed by atoms with Crippen molar-refractivity contribution in [3.8, 4) is 5.75 Å². The van der Waals surface area contributed by atoms with Crippen LogP contribution >= 0.6 is 11.6 Å². The second kappa shape index (κ2) is 8.05. The number of benzene rings is 1. The van der Waals surface area contributed by atoms with E-state index in [0.717, 1.165) is 48.6 Å². The Labute approximate surface area is 184 Å². The Bertz CT molecular complexity index is 894. The Kier molecular flexibility index (Phi) is 5.40. The average molecular weight is 427 g/mol. The van der Waals surface area contributed by atoms with Crippen molar-refractivity contribution in [3.63, 3.8) is 0 Å². The third-order valence-electron chi connectivity index (χ3n) is 7.63. The topological polar surface area (TPSA) is 41.6 Å². The number of halogens is 1. The highest BCUT2D eigenvalue weighted by atomic mass is 35.5. The minimum Gasteiger partial charge on any atom is -0.487 e. The zero-order valence-corrected chi connectivity index (χ0v) is 18.5. The Morgan fingerprint density at radius 1 is 1.23 bits per heavy atom. The van der Waals surface area contributed by atoms with Gasteiger partial charge in [0.15, 0.2) is 0 Å². The van der Waals surface area contributed by atoms with Gasteiger partial charge < -0.3 is 15.0 Å². The number of fused-ring (bicyclic) bond motifs is 1. The molecule has 2 aliphatic heterocycles. The SMILES string of the molecule is CNC(=O)C1CC=C(c2ccc3c(c2)CCC2(CCN(C4CCC4)CC2)O3)C=C1Cl. The van der Waals surface area contributed by atoms with E-state index in [9.17, 15) is 4.79 Å². The summed E-state index contributed by atoms with van der Waals surface area (Å²) in [6.07, 6.45) is 13.3. The second-order valence-corrected chi connectivity index (χ2v) is 9.76. The van der Waals surface area contributed by atoms with Crippen molar-refractivity contribution in [2.24, 2.45) is 5.92 Å². The molecule has 30 heavy (non-hydrogen) atoms. The number of allylic oxidation sites excluding steroid dienone is 3. The summed E-state index contributed by atoms with van der Waals surface area (Å²) in [5.41, 5.74) is 3.57. The number of nitrogens with one attached hydrogen (secondary N) is 1. The van der Waals surface area contributed by atoms with Crippen LogP contribution in [0.4, 0.5) is 0 Å². The number of hydrogen-bond acceptors (Lipinski definition) is 3. The largest absolute Gasteiger partial charge is 0.487 e. The van der Waals surface area contributed by atoms with E-state index in [0.29, 0.717) is 11.5 Å². The molecule has 4 aliphatic rings. The van der Waals surface area contributed by atoms with Crippen LogP contribution in [0.5, 0.6) is 5.75 Å². The summed E-state index contributed by atoms with van der Waals surface area (Å²) < 4.78 is 6.63. The van der Waals surface area contributed by atoms with Gasteiger partial charge in [-0.05, 0) is 79.9 Å². The minimum absolute atomic E-state index is 0.0287. The summed E-state index contributed by atoms with van der Waals surface area (Å²) in [5, 5.41) is 3.30. The third-order valence-corrected chi connectivity index (χ3v) is 8.01. The second-order valence-electron chi connectivity index (χ2n) is 9.32. The van der Waals surface area contributed by atoms with Gasteiger partial charge in [-0.2, -0.15) is 0 Å². The molecule has 1 atom stereocenters. The maximum Gasteiger partial charge on any atom is 0.228 e. The number of rotatable bonds is 3. The lowest BCUT2D eigenvalue weighted by Crippen LogP contribution is -2.53. The number of ether oxygens (including phenoxy) is 1. The molecule has 0 bridgehead atoms. The fraction of sp³-hybridized carbons (Fsp3) is 0.560. The monoisotopic (exact) mass is 426 g/mol. The molecule has 1 unspecified atom stereocenters. The van der Waals surface area contributed by atoms with E-state index in [-0.39, 0.29) is 17.4 Å². The highest BCUT2D eigenvalue weighted by molar-refractivity contribution is 6.32. The maximum absolute atomic E-state index is 12.0. The van der Waals surface area contributed by atoms with E-state index in [4.69, 9.17) is 16.3 Å². The first-order chi connectivity index (χ1) is 14.6. The maximum atomic E-state index is 12.0. The molecule has 160 valence electrons. The standard InChI is InChI=1S/C25H31ClN2O2/c1-27-24(29)21-7-5-18(16-22(21)26)17-6-8-23-19(15-17)9-10-25(30-23)11-13-28(14-12-25)20-3-2-4-20/h5-6,8,15-16,20-21H,2-4,7,9-14H2,1H3,(H,27,29). The highest BCUT2D eigenvalue weighted by Crippen LogP contribution is 2.42. The van der Waals surface area contributed by atoms with Crippen molar-refractivity contribution >= 4 is 23.1 Å². The van der Waals surface area contributed by atoms with Crippen molar-refractivity contribution < 1.29 is 9.53 Å². The molecule has 2 aliphatic carbocycles. The predicted molar refractivity (Wildman–Crippen MR) is 121 cm³/mol. The normalized spacial score (nSPS) is 26.1. The number of nitrogens with zero attached hydrogens (tertiary/aromatic N) is 1. The Hall–Kier alpha value is -1.78. The van der Waals surface area contributed by atoms with Gasteiger partial charge in [0, 0.05) is 31.2 Å². The summed E-state index contributed by atoms with van der Waals surface area (Å²) in [7, 11) is 1.65. The molecule has 5 rings (SSSR count). The van der Waals surface area contributed by atoms with E-state index in [1.807, 2.05) is 6.08 Å². The number of carbonyl (C=O) groups excluding carboxylic acids is 1. The van der Waals surface area contributed by atoms with Gasteiger partial charge in [0.1, 0.15) is 11.4 Å². The van der Waals surface area contributed by atoms with Crippen molar-refractivity contribution in [2.75, 3.05) is 20.1 Å². The van der Waals surface area contributed by atoms with Gasteiger partial charge in [0.05, 0.1) is 5.92 Å². The summed E-state index contributed by atoms with van der Waals surface area (Å²) in [5.74, 6) is 0.753. The molecular formula is C25H31ClN2O2. The van der Waals surface area contributed by atoms with Gasteiger partial charge in [0.2, 0.25) is 5.91 Å². The molecule has 5 heteroatoms. The fourth-order valence-corrected chi connectivity index (χ4v) is 5.68. The molecule has 1 aromatic rings. The van der Waals surface area contributed by atoms with Gasteiger partial charge in [-0.1, -0.05) is 30.2 Å². The molecule has 2 fully saturated rings.